The van der Waals surface area contributed by atoms with Gasteiger partial charge in [-0.15, -0.1) is 0 Å². The molecule has 0 unspecified atom stereocenters. The predicted molar refractivity (Wildman–Crippen MR) is 62.2 cm³/mol. The minimum absolute atomic E-state index is 0.759. The van der Waals surface area contributed by atoms with Crippen LogP contribution in [0, 0.1) is 0 Å². The molecule has 0 spiro atoms. The fourth-order valence-corrected chi connectivity index (χ4v) is 1.40. The van der Waals surface area contributed by atoms with Crippen molar-refractivity contribution in [3.8, 4) is 0 Å². The van der Waals surface area contributed by atoms with Gasteiger partial charge in [-0.05, 0) is 37.8 Å². The maximum Gasteiger partial charge on any atom is -0.00426 e. The van der Waals surface area contributed by atoms with Gasteiger partial charge in [-0.2, -0.15) is 0 Å². The smallest absolute Gasteiger partial charge is 0.00426 e. The average Bonchev–Trinajstić information content (AvgIpc) is 2.25. The van der Waals surface area contributed by atoms with Gasteiger partial charge in [0.15, 0.2) is 0 Å². The Kier molecular flexibility index (Phi) is 5.76. The van der Waals surface area contributed by atoms with Gasteiger partial charge in [0.25, 0.3) is 0 Å². The summed E-state index contributed by atoms with van der Waals surface area (Å²) in [5, 5.41) is 0. The first-order chi connectivity index (χ1) is 6.93. The predicted octanol–water partition coefficient (Wildman–Crippen LogP) is 2.91. The molecule has 0 saturated heterocycles. The number of hydrogen-bond donors (Lipinski definition) is 1. The van der Waals surface area contributed by atoms with Crippen molar-refractivity contribution in [1.82, 2.24) is 0 Å². The van der Waals surface area contributed by atoms with E-state index in [0.29, 0.717) is 0 Å². The lowest BCUT2D eigenvalue weighted by Crippen LogP contribution is -1.95. The van der Waals surface area contributed by atoms with E-state index in [2.05, 4.69) is 42.5 Å². The van der Waals surface area contributed by atoms with E-state index in [0.717, 1.165) is 19.4 Å². The van der Waals surface area contributed by atoms with E-state index < -0.39 is 0 Å². The largest absolute Gasteiger partial charge is 0.330 e. The van der Waals surface area contributed by atoms with Crippen molar-refractivity contribution in [2.45, 2.75) is 25.7 Å². The summed E-state index contributed by atoms with van der Waals surface area (Å²) < 4.78 is 0. The third-order valence-corrected chi connectivity index (χ3v) is 2.18. The van der Waals surface area contributed by atoms with Crippen molar-refractivity contribution in [2.75, 3.05) is 6.54 Å². The summed E-state index contributed by atoms with van der Waals surface area (Å²) in [7, 11) is 0. The van der Waals surface area contributed by atoms with Crippen LogP contribution in [0.5, 0.6) is 0 Å². The number of unbranched alkanes of at least 4 members (excludes halogenated alkanes) is 1. The summed E-state index contributed by atoms with van der Waals surface area (Å²) in [4.78, 5) is 0. The number of aryl methyl sites for hydroxylation is 1. The summed E-state index contributed by atoms with van der Waals surface area (Å²) in [5.74, 6) is 0. The highest BCUT2D eigenvalue weighted by molar-refractivity contribution is 5.14. The number of nitrogens with two attached hydrogens (primary N) is 1. The van der Waals surface area contributed by atoms with E-state index in [1.54, 1.807) is 0 Å². The molecule has 2 N–H and O–H groups in total. The molecule has 1 rings (SSSR count). The molecule has 0 radical (unpaired) electrons. The first kappa shape index (κ1) is 11.0. The topological polar surface area (TPSA) is 26.0 Å². The summed E-state index contributed by atoms with van der Waals surface area (Å²) in [6.07, 6.45) is 8.97. The van der Waals surface area contributed by atoms with Gasteiger partial charge < -0.3 is 5.73 Å². The van der Waals surface area contributed by atoms with Crippen LogP contribution in [0.4, 0.5) is 0 Å². The molecule has 1 heteroatoms. The Morgan fingerprint density at radius 2 is 1.71 bits per heavy atom. The Hall–Kier alpha value is -1.08. The minimum Gasteiger partial charge on any atom is -0.330 e. The Morgan fingerprint density at radius 1 is 1.00 bits per heavy atom. The molecule has 76 valence electrons. The number of allylic oxidation sites excluding steroid dienone is 1. The maximum absolute atomic E-state index is 5.38. The van der Waals surface area contributed by atoms with Crippen LogP contribution in [0.1, 0.15) is 24.8 Å². The molecule has 1 aromatic rings. The molecule has 0 aliphatic rings. The van der Waals surface area contributed by atoms with E-state index >= 15 is 0 Å². The van der Waals surface area contributed by atoms with Gasteiger partial charge >= 0.3 is 0 Å². The van der Waals surface area contributed by atoms with Crippen LogP contribution in [0.25, 0.3) is 0 Å². The summed E-state index contributed by atoms with van der Waals surface area (Å²) in [5.41, 5.74) is 6.81. The SMILES string of the molecule is NCC/C=C/CCCc1ccccc1. The van der Waals surface area contributed by atoms with Gasteiger partial charge in [-0.25, -0.2) is 0 Å². The van der Waals surface area contributed by atoms with Gasteiger partial charge in [0.05, 0.1) is 0 Å². The number of hydrogen-bond acceptors (Lipinski definition) is 1. The van der Waals surface area contributed by atoms with E-state index in [4.69, 9.17) is 5.73 Å². The Bertz CT molecular complexity index is 251. The first-order valence-corrected chi connectivity index (χ1v) is 5.32. The van der Waals surface area contributed by atoms with Crippen molar-refractivity contribution in [1.29, 1.82) is 0 Å². The third-order valence-electron chi connectivity index (χ3n) is 2.18. The highest BCUT2D eigenvalue weighted by atomic mass is 14.5. The molecular formula is C13H19N. The second-order valence-corrected chi connectivity index (χ2v) is 3.43. The van der Waals surface area contributed by atoms with Crippen molar-refractivity contribution < 1.29 is 0 Å². The van der Waals surface area contributed by atoms with Crippen LogP contribution in [-0.2, 0) is 6.42 Å². The zero-order valence-corrected chi connectivity index (χ0v) is 8.65. The Labute approximate surface area is 86.6 Å². The van der Waals surface area contributed by atoms with Crippen molar-refractivity contribution in [3.05, 3.63) is 48.0 Å². The van der Waals surface area contributed by atoms with E-state index in [1.807, 2.05) is 0 Å². The molecule has 0 saturated carbocycles. The normalized spacial score (nSPS) is 10.9. The van der Waals surface area contributed by atoms with Crippen molar-refractivity contribution in [2.24, 2.45) is 5.73 Å². The summed E-state index contributed by atoms with van der Waals surface area (Å²) >= 11 is 0. The lowest BCUT2D eigenvalue weighted by atomic mass is 10.1. The van der Waals surface area contributed by atoms with Gasteiger partial charge in [-0.3, -0.25) is 0 Å². The number of rotatable bonds is 6. The molecule has 0 fully saturated rings. The van der Waals surface area contributed by atoms with E-state index in [9.17, 15) is 0 Å². The molecule has 0 amide bonds. The van der Waals surface area contributed by atoms with Crippen LogP contribution in [-0.4, -0.2) is 6.54 Å². The summed E-state index contributed by atoms with van der Waals surface area (Å²) in [6.45, 7) is 0.759. The van der Waals surface area contributed by atoms with Gasteiger partial charge in [0, 0.05) is 0 Å². The van der Waals surface area contributed by atoms with Crippen LogP contribution in [0.3, 0.4) is 0 Å². The zero-order chi connectivity index (χ0) is 10.1. The lowest BCUT2D eigenvalue weighted by molar-refractivity contribution is 0.838. The van der Waals surface area contributed by atoms with Crippen molar-refractivity contribution in [3.63, 3.8) is 0 Å². The molecule has 0 bridgehead atoms. The Morgan fingerprint density at radius 3 is 2.43 bits per heavy atom. The third kappa shape index (κ3) is 4.83. The summed E-state index contributed by atoms with van der Waals surface area (Å²) in [6, 6.07) is 10.6. The molecule has 0 aromatic heterocycles. The quantitative estimate of drug-likeness (QED) is 0.540. The molecule has 0 aliphatic carbocycles. The lowest BCUT2D eigenvalue weighted by Gasteiger charge is -1.97. The molecule has 1 aromatic carbocycles. The maximum atomic E-state index is 5.38. The highest BCUT2D eigenvalue weighted by Gasteiger charge is 1.89. The number of benzene rings is 1. The van der Waals surface area contributed by atoms with Crippen LogP contribution in [0.15, 0.2) is 42.5 Å². The van der Waals surface area contributed by atoms with Crippen LogP contribution < -0.4 is 5.73 Å². The Balaban J connectivity index is 2.10. The van der Waals surface area contributed by atoms with Crippen LogP contribution in [0.2, 0.25) is 0 Å². The second-order valence-electron chi connectivity index (χ2n) is 3.43. The van der Waals surface area contributed by atoms with Gasteiger partial charge in [-0.1, -0.05) is 42.5 Å². The zero-order valence-electron chi connectivity index (χ0n) is 8.65. The van der Waals surface area contributed by atoms with Crippen molar-refractivity contribution >= 4 is 0 Å². The molecule has 1 nitrogen and oxygen atoms in total. The molecule has 0 atom stereocenters. The molecule has 0 aliphatic heterocycles. The fraction of sp³-hybridized carbons (Fsp3) is 0.385. The van der Waals surface area contributed by atoms with Gasteiger partial charge in [0.2, 0.25) is 0 Å². The highest BCUT2D eigenvalue weighted by Crippen LogP contribution is 2.04. The standard InChI is InChI=1S/C13H19N/c14-12-8-3-1-2-5-9-13-10-6-4-7-11-13/h1,3-4,6-7,10-11H,2,5,8-9,12,14H2/b3-1+. The first-order valence-electron chi connectivity index (χ1n) is 5.32. The minimum atomic E-state index is 0.759. The fourth-order valence-electron chi connectivity index (χ4n) is 1.40. The van der Waals surface area contributed by atoms with Crippen LogP contribution >= 0.6 is 0 Å². The van der Waals surface area contributed by atoms with E-state index in [-0.39, 0.29) is 0 Å². The average molecular weight is 189 g/mol. The molecule has 0 heterocycles. The monoisotopic (exact) mass is 189 g/mol. The molecular weight excluding hydrogens is 170 g/mol. The molecule has 14 heavy (non-hydrogen) atoms. The van der Waals surface area contributed by atoms with Gasteiger partial charge in [0.1, 0.15) is 0 Å². The second kappa shape index (κ2) is 7.34. The van der Waals surface area contributed by atoms with E-state index in [1.165, 1.54) is 18.4 Å².